The third-order valence-electron chi connectivity index (χ3n) is 6.45. The van der Waals surface area contributed by atoms with Crippen LogP contribution in [-0.4, -0.2) is 36.4 Å². The van der Waals surface area contributed by atoms with Crippen molar-refractivity contribution in [3.8, 4) is 0 Å². The van der Waals surface area contributed by atoms with Gasteiger partial charge in [-0.15, -0.1) is 0 Å². The summed E-state index contributed by atoms with van der Waals surface area (Å²) in [5.74, 6) is -0.773. The quantitative estimate of drug-likeness (QED) is 0.224. The fraction of sp³-hybridized carbons (Fsp3) is 0.233. The average Bonchev–Trinajstić information content (AvgIpc) is 3.24. The predicted molar refractivity (Wildman–Crippen MR) is 158 cm³/mol. The minimum absolute atomic E-state index is 0.125. The molecule has 3 aromatic rings. The van der Waals surface area contributed by atoms with Crippen molar-refractivity contribution in [2.45, 2.75) is 33.2 Å². The van der Waals surface area contributed by atoms with Crippen LogP contribution in [0.5, 0.6) is 0 Å². The van der Waals surface area contributed by atoms with Crippen molar-refractivity contribution in [1.29, 1.82) is 0 Å². The number of nitrogens with zero attached hydrogens (tertiary/aromatic N) is 1. The summed E-state index contributed by atoms with van der Waals surface area (Å²) >= 11 is 3.62. The molecule has 1 aliphatic rings. The van der Waals surface area contributed by atoms with Crippen LogP contribution in [-0.2, 0) is 9.53 Å². The molecule has 1 heterocycles. The molecule has 9 heteroatoms. The summed E-state index contributed by atoms with van der Waals surface area (Å²) in [6.07, 6.45) is 0. The SMILES string of the molecule is CCOC(=O)c1ccc2c(c1)NC(=C(Nc1ccc(N(C(C)=O)C(C)(C)CN)c(Br)c1)c1ccccc1)C2=O. The lowest BCUT2D eigenvalue weighted by Crippen LogP contribution is -2.52. The summed E-state index contributed by atoms with van der Waals surface area (Å²) in [5, 5.41) is 6.60. The van der Waals surface area contributed by atoms with E-state index in [9.17, 15) is 14.4 Å². The van der Waals surface area contributed by atoms with Crippen molar-refractivity contribution in [3.05, 3.63) is 93.6 Å². The van der Waals surface area contributed by atoms with E-state index in [0.717, 1.165) is 5.56 Å². The number of esters is 1. The molecule has 4 N–H and O–H groups in total. The van der Waals surface area contributed by atoms with Gasteiger partial charge in [-0.25, -0.2) is 4.79 Å². The van der Waals surface area contributed by atoms with Crippen LogP contribution in [0, 0.1) is 0 Å². The number of nitrogens with two attached hydrogens (primary N) is 1. The van der Waals surface area contributed by atoms with Gasteiger partial charge in [-0.05, 0) is 73.1 Å². The Kier molecular flexibility index (Phi) is 8.22. The zero-order valence-electron chi connectivity index (χ0n) is 22.3. The third-order valence-corrected chi connectivity index (χ3v) is 7.09. The lowest BCUT2D eigenvalue weighted by molar-refractivity contribution is -0.117. The van der Waals surface area contributed by atoms with Crippen molar-refractivity contribution in [2.24, 2.45) is 5.73 Å². The zero-order chi connectivity index (χ0) is 28.3. The number of hydrogen-bond acceptors (Lipinski definition) is 7. The van der Waals surface area contributed by atoms with E-state index >= 15 is 0 Å². The Morgan fingerprint density at radius 1 is 1.05 bits per heavy atom. The van der Waals surface area contributed by atoms with Gasteiger partial charge in [-0.2, -0.15) is 0 Å². The van der Waals surface area contributed by atoms with Gasteiger partial charge < -0.3 is 26.0 Å². The molecule has 0 fully saturated rings. The summed E-state index contributed by atoms with van der Waals surface area (Å²) in [6.45, 7) is 7.62. The largest absolute Gasteiger partial charge is 0.462 e. The molecular formula is C30H31BrN4O4. The van der Waals surface area contributed by atoms with E-state index in [4.69, 9.17) is 10.5 Å². The first-order chi connectivity index (χ1) is 18.6. The number of fused-ring (bicyclic) bond motifs is 1. The Hall–Kier alpha value is -3.95. The van der Waals surface area contributed by atoms with Crippen molar-refractivity contribution in [3.63, 3.8) is 0 Å². The fourth-order valence-electron chi connectivity index (χ4n) is 4.50. The maximum absolute atomic E-state index is 13.5. The zero-order valence-corrected chi connectivity index (χ0v) is 23.9. The first kappa shape index (κ1) is 28.1. The van der Waals surface area contributed by atoms with Crippen LogP contribution >= 0.6 is 15.9 Å². The van der Waals surface area contributed by atoms with E-state index in [1.807, 2.05) is 62.4 Å². The van der Waals surface area contributed by atoms with E-state index in [1.54, 1.807) is 30.0 Å². The summed E-state index contributed by atoms with van der Waals surface area (Å²) in [7, 11) is 0. The predicted octanol–water partition coefficient (Wildman–Crippen LogP) is 5.81. The lowest BCUT2D eigenvalue weighted by atomic mass is 10.0. The smallest absolute Gasteiger partial charge is 0.338 e. The number of benzene rings is 3. The lowest BCUT2D eigenvalue weighted by Gasteiger charge is -2.37. The highest BCUT2D eigenvalue weighted by atomic mass is 79.9. The van der Waals surface area contributed by atoms with Gasteiger partial charge >= 0.3 is 5.97 Å². The number of anilines is 3. The molecule has 0 spiro atoms. The molecule has 3 aromatic carbocycles. The molecule has 0 aromatic heterocycles. The molecular weight excluding hydrogens is 560 g/mol. The number of halogens is 1. The topological polar surface area (TPSA) is 114 Å². The molecule has 0 bridgehead atoms. The van der Waals surface area contributed by atoms with Gasteiger partial charge in [-0.3, -0.25) is 9.59 Å². The number of hydrogen-bond donors (Lipinski definition) is 3. The second-order valence-corrected chi connectivity index (χ2v) is 10.6. The van der Waals surface area contributed by atoms with Crippen LogP contribution in [0.1, 0.15) is 54.0 Å². The van der Waals surface area contributed by atoms with Crippen LogP contribution < -0.4 is 21.3 Å². The second-order valence-electron chi connectivity index (χ2n) is 9.71. The minimum atomic E-state index is -0.588. The number of Topliss-reactive ketones (excluding diaryl/α,β-unsaturated/α-hetero) is 1. The maximum atomic E-state index is 13.5. The Morgan fingerprint density at radius 3 is 2.38 bits per heavy atom. The second kappa shape index (κ2) is 11.4. The van der Waals surface area contributed by atoms with Crippen molar-refractivity contribution in [2.75, 3.05) is 28.7 Å². The molecule has 4 rings (SSSR count). The monoisotopic (exact) mass is 590 g/mol. The number of allylic oxidation sites excluding steroid dienone is 1. The Labute approximate surface area is 236 Å². The average molecular weight is 592 g/mol. The van der Waals surface area contributed by atoms with Crippen LogP contribution in [0.2, 0.25) is 0 Å². The highest BCUT2D eigenvalue weighted by Gasteiger charge is 2.31. The number of amides is 1. The summed E-state index contributed by atoms with van der Waals surface area (Å²) in [4.78, 5) is 39.9. The number of rotatable bonds is 8. The van der Waals surface area contributed by atoms with Gasteiger partial charge in [0.15, 0.2) is 0 Å². The number of ether oxygens (including phenoxy) is 1. The number of carbonyl (C=O) groups excluding carboxylic acids is 3. The van der Waals surface area contributed by atoms with Crippen molar-refractivity contribution in [1.82, 2.24) is 0 Å². The van der Waals surface area contributed by atoms with Crippen LogP contribution in [0.15, 0.2) is 76.9 Å². The van der Waals surface area contributed by atoms with E-state index in [0.29, 0.717) is 44.1 Å². The Bertz CT molecular complexity index is 1470. The van der Waals surface area contributed by atoms with E-state index < -0.39 is 11.5 Å². The van der Waals surface area contributed by atoms with Gasteiger partial charge in [0.05, 0.1) is 34.8 Å². The maximum Gasteiger partial charge on any atom is 0.338 e. The Balaban J connectivity index is 1.74. The first-order valence-electron chi connectivity index (χ1n) is 12.6. The molecule has 0 unspecified atom stereocenters. The summed E-state index contributed by atoms with van der Waals surface area (Å²) in [5.41, 5.74) is 9.83. The van der Waals surface area contributed by atoms with E-state index in [1.165, 1.54) is 6.92 Å². The highest BCUT2D eigenvalue weighted by Crippen LogP contribution is 2.37. The van der Waals surface area contributed by atoms with Gasteiger partial charge in [0.1, 0.15) is 5.70 Å². The van der Waals surface area contributed by atoms with Gasteiger partial charge in [-0.1, -0.05) is 30.3 Å². The highest BCUT2D eigenvalue weighted by molar-refractivity contribution is 9.10. The van der Waals surface area contributed by atoms with E-state index in [-0.39, 0.29) is 24.8 Å². The number of nitrogens with one attached hydrogen (secondary N) is 2. The van der Waals surface area contributed by atoms with Crippen LogP contribution in [0.25, 0.3) is 5.70 Å². The third kappa shape index (κ3) is 5.74. The van der Waals surface area contributed by atoms with Crippen molar-refractivity contribution < 1.29 is 19.1 Å². The number of ketones is 1. The number of carbonyl (C=O) groups is 3. The standard InChI is InChI=1S/C30H31BrN4O4/c1-5-39-29(38)20-11-13-22-24(15-20)34-27(28(22)37)26(19-9-7-6-8-10-19)33-21-12-14-25(23(31)16-21)35(18(2)36)30(3,4)17-32/h6-16,33-34H,5,17,32H2,1-4H3. The van der Waals surface area contributed by atoms with E-state index in [2.05, 4.69) is 26.6 Å². The minimum Gasteiger partial charge on any atom is -0.462 e. The molecule has 202 valence electrons. The fourth-order valence-corrected chi connectivity index (χ4v) is 5.05. The molecule has 1 amide bonds. The normalized spacial score (nSPS) is 13.8. The van der Waals surface area contributed by atoms with Gasteiger partial charge in [0.25, 0.3) is 0 Å². The molecule has 1 aliphatic heterocycles. The van der Waals surface area contributed by atoms with Gasteiger partial charge in [0, 0.05) is 34.8 Å². The molecule has 0 saturated carbocycles. The van der Waals surface area contributed by atoms with Crippen LogP contribution in [0.4, 0.5) is 17.1 Å². The molecule has 8 nitrogen and oxygen atoms in total. The molecule has 0 atom stereocenters. The molecule has 0 aliphatic carbocycles. The molecule has 0 radical (unpaired) electrons. The Morgan fingerprint density at radius 2 is 1.77 bits per heavy atom. The molecule has 0 saturated heterocycles. The summed E-state index contributed by atoms with van der Waals surface area (Å²) in [6, 6.07) is 19.9. The van der Waals surface area contributed by atoms with Crippen LogP contribution in [0.3, 0.4) is 0 Å². The van der Waals surface area contributed by atoms with Gasteiger partial charge in [0.2, 0.25) is 11.7 Å². The summed E-state index contributed by atoms with van der Waals surface area (Å²) < 4.78 is 5.80. The molecule has 39 heavy (non-hydrogen) atoms. The first-order valence-corrected chi connectivity index (χ1v) is 13.4. The van der Waals surface area contributed by atoms with Crippen molar-refractivity contribution >= 4 is 56.3 Å².